The maximum atomic E-state index is 10.9. The monoisotopic (exact) mass is 220 g/mol. The van der Waals surface area contributed by atoms with E-state index >= 15 is 0 Å². The summed E-state index contributed by atoms with van der Waals surface area (Å²) in [6, 6.07) is 10.2. The van der Waals surface area contributed by atoms with Crippen LogP contribution in [0.5, 0.6) is 0 Å². The Morgan fingerprint density at radius 2 is 2.12 bits per heavy atom. The minimum atomic E-state index is -0.726. The normalized spacial score (nSPS) is 24.5. The van der Waals surface area contributed by atoms with E-state index in [1.807, 2.05) is 18.2 Å². The molecule has 1 saturated heterocycles. The van der Waals surface area contributed by atoms with Gasteiger partial charge in [0.05, 0.1) is 5.92 Å². The third kappa shape index (κ3) is 2.59. The molecule has 0 saturated carbocycles. The lowest BCUT2D eigenvalue weighted by Gasteiger charge is -2.14. The van der Waals surface area contributed by atoms with E-state index < -0.39 is 5.97 Å². The number of hydrogen-bond acceptors (Lipinski definition) is 3. The Labute approximate surface area is 94.6 Å². The second-order valence-corrected chi connectivity index (χ2v) is 4.10. The Morgan fingerprint density at radius 1 is 1.38 bits per heavy atom. The van der Waals surface area contributed by atoms with E-state index in [0.29, 0.717) is 6.54 Å². The Kier molecular flexibility index (Phi) is 3.54. The lowest BCUT2D eigenvalue weighted by atomic mass is 9.96. The van der Waals surface area contributed by atoms with Crippen LogP contribution in [0.4, 0.5) is 0 Å². The number of rotatable bonds is 4. The molecule has 1 heterocycles. The minimum Gasteiger partial charge on any atom is -0.481 e. The molecule has 1 aliphatic rings. The molecule has 2 atom stereocenters. The van der Waals surface area contributed by atoms with Crippen LogP contribution < -0.4 is 10.9 Å². The van der Waals surface area contributed by atoms with Crippen molar-refractivity contribution >= 4 is 5.97 Å². The summed E-state index contributed by atoms with van der Waals surface area (Å²) >= 11 is 0. The zero-order valence-corrected chi connectivity index (χ0v) is 9.02. The van der Waals surface area contributed by atoms with Gasteiger partial charge in [0, 0.05) is 12.6 Å². The fraction of sp³-hybridized carbons (Fsp3) is 0.417. The summed E-state index contributed by atoms with van der Waals surface area (Å²) in [7, 11) is 0. The highest BCUT2D eigenvalue weighted by atomic mass is 16.4. The highest BCUT2D eigenvalue weighted by molar-refractivity contribution is 5.71. The predicted octanol–water partition coefficient (Wildman–Crippen LogP) is 0.796. The van der Waals surface area contributed by atoms with Gasteiger partial charge >= 0.3 is 5.97 Å². The van der Waals surface area contributed by atoms with Crippen LogP contribution in [0.2, 0.25) is 0 Å². The molecule has 0 radical (unpaired) electrons. The fourth-order valence-corrected chi connectivity index (χ4v) is 2.04. The van der Waals surface area contributed by atoms with Crippen molar-refractivity contribution in [3.8, 4) is 0 Å². The SMILES string of the molecule is O=C(O)C1CNNC1CCc1ccccc1. The van der Waals surface area contributed by atoms with Crippen LogP contribution in [0, 0.1) is 5.92 Å². The standard InChI is InChI=1S/C12H16N2O2/c15-12(16)10-8-13-14-11(10)7-6-9-4-2-1-3-5-9/h1-5,10-11,13-14H,6-8H2,(H,15,16). The largest absolute Gasteiger partial charge is 0.481 e. The predicted molar refractivity (Wildman–Crippen MR) is 60.8 cm³/mol. The average molecular weight is 220 g/mol. The van der Waals surface area contributed by atoms with Gasteiger partial charge in [-0.05, 0) is 18.4 Å². The van der Waals surface area contributed by atoms with Crippen LogP contribution in [0.3, 0.4) is 0 Å². The van der Waals surface area contributed by atoms with Gasteiger partial charge in [0.1, 0.15) is 0 Å². The first-order chi connectivity index (χ1) is 7.77. The van der Waals surface area contributed by atoms with Crippen molar-refractivity contribution in [1.82, 2.24) is 10.9 Å². The Balaban J connectivity index is 1.88. The van der Waals surface area contributed by atoms with Crippen LogP contribution in [0.15, 0.2) is 30.3 Å². The van der Waals surface area contributed by atoms with Gasteiger partial charge in [0.15, 0.2) is 0 Å². The first-order valence-electron chi connectivity index (χ1n) is 5.52. The van der Waals surface area contributed by atoms with Crippen LogP contribution in [0.1, 0.15) is 12.0 Å². The van der Waals surface area contributed by atoms with E-state index in [0.717, 1.165) is 12.8 Å². The van der Waals surface area contributed by atoms with Crippen molar-refractivity contribution < 1.29 is 9.90 Å². The van der Waals surface area contributed by atoms with Crippen molar-refractivity contribution in [1.29, 1.82) is 0 Å². The Bertz CT molecular complexity index is 353. The van der Waals surface area contributed by atoms with Crippen molar-refractivity contribution in [3.05, 3.63) is 35.9 Å². The summed E-state index contributed by atoms with van der Waals surface area (Å²) in [6.45, 7) is 0.509. The topological polar surface area (TPSA) is 61.4 Å². The van der Waals surface area contributed by atoms with E-state index in [1.165, 1.54) is 5.56 Å². The number of benzene rings is 1. The van der Waals surface area contributed by atoms with Gasteiger partial charge in [0.25, 0.3) is 0 Å². The molecule has 0 aliphatic carbocycles. The molecule has 2 rings (SSSR count). The summed E-state index contributed by atoms with van der Waals surface area (Å²) in [5.41, 5.74) is 7.19. The highest BCUT2D eigenvalue weighted by Gasteiger charge is 2.31. The van der Waals surface area contributed by atoms with E-state index in [2.05, 4.69) is 23.0 Å². The molecule has 4 heteroatoms. The number of aliphatic carboxylic acids is 1. The molecule has 1 aliphatic heterocycles. The third-order valence-corrected chi connectivity index (χ3v) is 3.00. The summed E-state index contributed by atoms with van der Waals surface area (Å²) < 4.78 is 0. The maximum absolute atomic E-state index is 10.9. The molecule has 0 spiro atoms. The van der Waals surface area contributed by atoms with E-state index in [4.69, 9.17) is 5.11 Å². The molecule has 1 aromatic rings. The number of hydrazine groups is 1. The van der Waals surface area contributed by atoms with Crippen LogP contribution in [-0.2, 0) is 11.2 Å². The zero-order valence-electron chi connectivity index (χ0n) is 9.02. The van der Waals surface area contributed by atoms with E-state index in [1.54, 1.807) is 0 Å². The minimum absolute atomic E-state index is 0.0257. The van der Waals surface area contributed by atoms with Crippen molar-refractivity contribution in [2.75, 3.05) is 6.54 Å². The van der Waals surface area contributed by atoms with Gasteiger partial charge in [-0.25, -0.2) is 0 Å². The van der Waals surface area contributed by atoms with Gasteiger partial charge in [-0.1, -0.05) is 30.3 Å². The van der Waals surface area contributed by atoms with Crippen molar-refractivity contribution in [3.63, 3.8) is 0 Å². The number of carboxylic acids is 1. The lowest BCUT2D eigenvalue weighted by Crippen LogP contribution is -2.34. The van der Waals surface area contributed by atoms with Crippen LogP contribution >= 0.6 is 0 Å². The number of carbonyl (C=O) groups is 1. The number of hydrogen-bond donors (Lipinski definition) is 3. The molecule has 1 fully saturated rings. The molecule has 0 aromatic heterocycles. The van der Waals surface area contributed by atoms with Gasteiger partial charge in [-0.3, -0.25) is 15.6 Å². The molecule has 3 N–H and O–H groups in total. The van der Waals surface area contributed by atoms with Gasteiger partial charge in [-0.15, -0.1) is 0 Å². The second kappa shape index (κ2) is 5.09. The zero-order chi connectivity index (χ0) is 11.4. The van der Waals surface area contributed by atoms with Crippen molar-refractivity contribution in [2.24, 2.45) is 5.92 Å². The van der Waals surface area contributed by atoms with E-state index in [9.17, 15) is 4.79 Å². The molecule has 2 unspecified atom stereocenters. The molecule has 86 valence electrons. The molecule has 0 bridgehead atoms. The average Bonchev–Trinajstić information content (AvgIpc) is 2.76. The second-order valence-electron chi connectivity index (χ2n) is 4.10. The number of nitrogens with one attached hydrogen (secondary N) is 2. The molecule has 0 amide bonds. The van der Waals surface area contributed by atoms with Gasteiger partial charge < -0.3 is 5.11 Å². The van der Waals surface area contributed by atoms with Crippen LogP contribution in [-0.4, -0.2) is 23.7 Å². The molecular formula is C12H16N2O2. The van der Waals surface area contributed by atoms with Gasteiger partial charge in [0.2, 0.25) is 0 Å². The summed E-state index contributed by atoms with van der Waals surface area (Å²) in [5.74, 6) is -1.04. The lowest BCUT2D eigenvalue weighted by molar-refractivity contribution is -0.141. The Morgan fingerprint density at radius 3 is 2.81 bits per heavy atom. The van der Waals surface area contributed by atoms with Crippen LogP contribution in [0.25, 0.3) is 0 Å². The fourth-order valence-electron chi connectivity index (χ4n) is 2.04. The molecule has 1 aromatic carbocycles. The highest BCUT2D eigenvalue weighted by Crippen LogP contribution is 2.14. The first-order valence-corrected chi connectivity index (χ1v) is 5.52. The smallest absolute Gasteiger partial charge is 0.309 e. The summed E-state index contributed by atoms with van der Waals surface area (Å²) in [4.78, 5) is 10.9. The number of aryl methyl sites for hydroxylation is 1. The Hall–Kier alpha value is -1.39. The first kappa shape index (κ1) is 11.1. The molecule has 4 nitrogen and oxygen atoms in total. The summed E-state index contributed by atoms with van der Waals surface area (Å²) in [6.07, 6.45) is 1.75. The third-order valence-electron chi connectivity index (χ3n) is 3.00. The van der Waals surface area contributed by atoms with E-state index in [-0.39, 0.29) is 12.0 Å². The van der Waals surface area contributed by atoms with Crippen molar-refractivity contribution in [2.45, 2.75) is 18.9 Å². The molecule has 16 heavy (non-hydrogen) atoms. The van der Waals surface area contributed by atoms with Gasteiger partial charge in [-0.2, -0.15) is 0 Å². The molecular weight excluding hydrogens is 204 g/mol. The summed E-state index contributed by atoms with van der Waals surface area (Å²) in [5, 5.41) is 9.00. The number of carboxylic acid groups (broad SMARTS) is 1. The maximum Gasteiger partial charge on any atom is 0.309 e. The quantitative estimate of drug-likeness (QED) is 0.702.